The largest absolute Gasteiger partial charge is 0.481 e. The van der Waals surface area contributed by atoms with Gasteiger partial charge in [-0.2, -0.15) is 10.5 Å². The first-order valence-electron chi connectivity index (χ1n) is 6.81. The lowest BCUT2D eigenvalue weighted by Crippen LogP contribution is -2.36. The zero-order valence-corrected chi connectivity index (χ0v) is 12.7. The van der Waals surface area contributed by atoms with Crippen LogP contribution in [0.2, 0.25) is 0 Å². The van der Waals surface area contributed by atoms with Crippen molar-refractivity contribution in [2.24, 2.45) is 0 Å². The topological polar surface area (TPSA) is 97.3 Å². The van der Waals surface area contributed by atoms with Crippen LogP contribution in [0.4, 0.5) is 5.69 Å². The van der Waals surface area contributed by atoms with Crippen LogP contribution >= 0.6 is 11.8 Å². The Bertz CT molecular complexity index is 643. The third-order valence-electron chi connectivity index (χ3n) is 3.27. The van der Waals surface area contributed by atoms with Crippen LogP contribution in [0.1, 0.15) is 17.5 Å². The van der Waals surface area contributed by atoms with Crippen LogP contribution < -0.4 is 4.90 Å². The summed E-state index contributed by atoms with van der Waals surface area (Å²) in [5.74, 6) is -0.432. The lowest BCUT2D eigenvalue weighted by atomic mass is 10.1. The Hall–Kier alpha value is -2.22. The van der Waals surface area contributed by atoms with E-state index in [1.54, 1.807) is 12.1 Å². The van der Waals surface area contributed by atoms with Crippen LogP contribution in [0.5, 0.6) is 0 Å². The minimum absolute atomic E-state index is 0.0507. The summed E-state index contributed by atoms with van der Waals surface area (Å²) >= 11 is 1.39. The van der Waals surface area contributed by atoms with E-state index in [0.29, 0.717) is 43.2 Å². The molecule has 1 heterocycles. The molecular formula is C15H15N3O3S. The van der Waals surface area contributed by atoms with E-state index in [9.17, 15) is 10.1 Å². The molecule has 0 unspecified atom stereocenters. The Morgan fingerprint density at radius 3 is 2.50 bits per heavy atom. The van der Waals surface area contributed by atoms with Gasteiger partial charge in [0.25, 0.3) is 0 Å². The third kappa shape index (κ3) is 3.91. The zero-order valence-electron chi connectivity index (χ0n) is 11.9. The molecule has 22 heavy (non-hydrogen) atoms. The van der Waals surface area contributed by atoms with Gasteiger partial charge < -0.3 is 14.7 Å². The van der Waals surface area contributed by atoms with E-state index >= 15 is 0 Å². The maximum absolute atomic E-state index is 10.7. The van der Waals surface area contributed by atoms with Gasteiger partial charge in [0.15, 0.2) is 0 Å². The van der Waals surface area contributed by atoms with Gasteiger partial charge >= 0.3 is 5.97 Å². The number of carboxylic acid groups (broad SMARTS) is 1. The molecule has 0 bridgehead atoms. The molecule has 0 radical (unpaired) electrons. The average molecular weight is 317 g/mol. The summed E-state index contributed by atoms with van der Waals surface area (Å²) < 4.78 is 5.33. The van der Waals surface area contributed by atoms with E-state index in [1.165, 1.54) is 11.8 Å². The number of nitrogens with zero attached hydrogens (tertiary/aromatic N) is 3. The van der Waals surface area contributed by atoms with Crippen LogP contribution in [0.25, 0.3) is 0 Å². The smallest absolute Gasteiger partial charge is 0.304 e. The van der Waals surface area contributed by atoms with Crippen molar-refractivity contribution in [1.29, 1.82) is 10.5 Å². The van der Waals surface area contributed by atoms with Gasteiger partial charge in [0.05, 0.1) is 36.4 Å². The van der Waals surface area contributed by atoms with E-state index in [-0.39, 0.29) is 6.42 Å². The third-order valence-corrected chi connectivity index (χ3v) is 4.31. The van der Waals surface area contributed by atoms with Gasteiger partial charge in [0.1, 0.15) is 12.1 Å². The molecule has 114 valence electrons. The zero-order chi connectivity index (χ0) is 15.9. The molecule has 0 spiro atoms. The van der Waals surface area contributed by atoms with Crippen molar-refractivity contribution in [2.45, 2.75) is 11.3 Å². The van der Waals surface area contributed by atoms with E-state index in [4.69, 9.17) is 15.1 Å². The molecule has 0 aromatic heterocycles. The van der Waals surface area contributed by atoms with Gasteiger partial charge in [0, 0.05) is 23.7 Å². The molecule has 0 aliphatic carbocycles. The number of carboxylic acids is 1. The average Bonchev–Trinajstić information content (AvgIpc) is 2.54. The number of hydrogen-bond donors (Lipinski definition) is 1. The number of aliphatic carboxylic acids is 1. The Balaban J connectivity index is 2.32. The molecule has 0 atom stereocenters. The van der Waals surface area contributed by atoms with Crippen molar-refractivity contribution in [3.63, 3.8) is 0 Å². The van der Waals surface area contributed by atoms with Gasteiger partial charge in [-0.3, -0.25) is 4.79 Å². The fourth-order valence-electron chi connectivity index (χ4n) is 2.17. The number of carbonyl (C=O) groups is 1. The molecule has 1 N–H and O–H groups in total. The molecule has 1 aliphatic heterocycles. The minimum Gasteiger partial charge on any atom is -0.481 e. The van der Waals surface area contributed by atoms with Gasteiger partial charge in [-0.25, -0.2) is 0 Å². The van der Waals surface area contributed by atoms with Crippen LogP contribution in [0.3, 0.4) is 0 Å². The van der Waals surface area contributed by atoms with Crippen molar-refractivity contribution < 1.29 is 14.6 Å². The SMILES string of the molecule is N#Cc1cc(SCCC(=O)O)c(N2CCOCC2)cc1C#N. The fourth-order valence-corrected chi connectivity index (χ4v) is 3.20. The summed E-state index contributed by atoms with van der Waals surface area (Å²) in [4.78, 5) is 13.6. The number of anilines is 1. The molecule has 6 nitrogen and oxygen atoms in total. The molecule has 1 aromatic carbocycles. The van der Waals surface area contributed by atoms with Gasteiger partial charge in [-0.1, -0.05) is 0 Å². The van der Waals surface area contributed by atoms with Crippen LogP contribution in [-0.2, 0) is 9.53 Å². The molecular weight excluding hydrogens is 302 g/mol. The Morgan fingerprint density at radius 2 is 1.91 bits per heavy atom. The number of ether oxygens (including phenoxy) is 1. The Kier molecular flexibility index (Phi) is 5.65. The second kappa shape index (κ2) is 7.69. The molecule has 1 aromatic rings. The van der Waals surface area contributed by atoms with E-state index in [1.807, 2.05) is 12.1 Å². The molecule has 7 heteroatoms. The molecule has 0 saturated carbocycles. The molecule has 1 aliphatic rings. The minimum atomic E-state index is -0.852. The highest BCUT2D eigenvalue weighted by molar-refractivity contribution is 7.99. The van der Waals surface area contributed by atoms with E-state index in [2.05, 4.69) is 4.90 Å². The fraction of sp³-hybridized carbons (Fsp3) is 0.400. The maximum Gasteiger partial charge on any atom is 0.304 e. The summed E-state index contributed by atoms with van der Waals surface area (Å²) in [5, 5.41) is 27.1. The quantitative estimate of drug-likeness (QED) is 0.827. The lowest BCUT2D eigenvalue weighted by Gasteiger charge is -2.30. The summed E-state index contributed by atoms with van der Waals surface area (Å²) in [6.45, 7) is 2.65. The second-order valence-corrected chi connectivity index (χ2v) is 5.82. The first-order chi connectivity index (χ1) is 10.7. The Morgan fingerprint density at radius 1 is 1.27 bits per heavy atom. The van der Waals surface area contributed by atoms with Crippen molar-refractivity contribution in [3.05, 3.63) is 23.3 Å². The summed E-state index contributed by atoms with van der Waals surface area (Å²) in [6, 6.07) is 7.46. The molecule has 2 rings (SSSR count). The maximum atomic E-state index is 10.7. The number of rotatable bonds is 5. The highest BCUT2D eigenvalue weighted by Gasteiger charge is 2.18. The molecule has 0 amide bonds. The standard InChI is InChI=1S/C15H15N3O3S/c16-9-11-7-13(18-2-4-21-5-3-18)14(8-12(11)10-17)22-6-1-15(19)20/h7-8H,1-6H2,(H,19,20). The number of hydrogen-bond acceptors (Lipinski definition) is 6. The van der Waals surface area contributed by atoms with Gasteiger partial charge in [0.2, 0.25) is 0 Å². The van der Waals surface area contributed by atoms with Gasteiger partial charge in [-0.15, -0.1) is 11.8 Å². The van der Waals surface area contributed by atoms with Crippen LogP contribution in [-0.4, -0.2) is 43.1 Å². The summed E-state index contributed by atoms with van der Waals surface area (Å²) in [7, 11) is 0. The first kappa shape index (κ1) is 16.2. The highest BCUT2D eigenvalue weighted by Crippen LogP contribution is 2.34. The first-order valence-corrected chi connectivity index (χ1v) is 7.80. The number of thioether (sulfide) groups is 1. The predicted octanol–water partition coefficient (Wildman–Crippen LogP) is 1.83. The number of morpholine rings is 1. The van der Waals surface area contributed by atoms with Crippen molar-refractivity contribution >= 4 is 23.4 Å². The summed E-state index contributed by atoms with van der Waals surface area (Å²) in [6.07, 6.45) is 0.0507. The number of benzene rings is 1. The monoisotopic (exact) mass is 317 g/mol. The van der Waals surface area contributed by atoms with Gasteiger partial charge in [-0.05, 0) is 12.1 Å². The van der Waals surface area contributed by atoms with Crippen molar-refractivity contribution in [3.8, 4) is 12.1 Å². The summed E-state index contributed by atoms with van der Waals surface area (Å²) in [5.41, 5.74) is 1.53. The van der Waals surface area contributed by atoms with E-state index < -0.39 is 5.97 Å². The normalized spacial score (nSPS) is 14.2. The highest BCUT2D eigenvalue weighted by atomic mass is 32.2. The van der Waals surface area contributed by atoms with Crippen LogP contribution in [0.15, 0.2) is 17.0 Å². The predicted molar refractivity (Wildman–Crippen MR) is 81.9 cm³/mol. The Labute approximate surface area is 132 Å². The number of nitriles is 2. The lowest BCUT2D eigenvalue weighted by molar-refractivity contribution is -0.136. The van der Waals surface area contributed by atoms with E-state index in [0.717, 1.165) is 10.6 Å². The van der Waals surface area contributed by atoms with Crippen LogP contribution in [0, 0.1) is 22.7 Å². The second-order valence-electron chi connectivity index (χ2n) is 4.68. The molecule has 1 fully saturated rings. The van der Waals surface area contributed by atoms with Crippen molar-refractivity contribution in [2.75, 3.05) is 37.0 Å². The molecule has 1 saturated heterocycles. The van der Waals surface area contributed by atoms with Crippen molar-refractivity contribution in [1.82, 2.24) is 0 Å².